The molecule has 0 aliphatic carbocycles. The standard InChI is InChI=1S/C41H49N9O7/c1-47-19-20-49(41(47)56)28-8-4-18-48(24-28)34-23-44-37(38(42)53)32(45-34)22-26-11-13-29(14-12-26)57-21-5-17-43-35(51)10-3-7-27-6-2-9-30-31(27)25-50(40(30)55)33-15-16-36(52)46-39(33)54/h2,6,9,11-14,23,28,33H,3-5,7-8,10,15-22,24-25H2,1H3,(H2,42,53)(H,43,51)(H,46,52,54)/t28-,33?/m1/s1. The number of hydrogen-bond acceptors (Lipinski definition) is 10. The van der Waals surface area contributed by atoms with Crippen LogP contribution in [0.3, 0.4) is 0 Å². The minimum absolute atomic E-state index is 0.0529. The first-order valence-electron chi connectivity index (χ1n) is 19.7. The van der Waals surface area contributed by atoms with Gasteiger partial charge in [-0.3, -0.25) is 29.3 Å². The van der Waals surface area contributed by atoms with Crippen LogP contribution in [0.4, 0.5) is 10.6 Å². The maximum atomic E-state index is 13.1. The van der Waals surface area contributed by atoms with E-state index in [9.17, 15) is 28.8 Å². The fourth-order valence-electron chi connectivity index (χ4n) is 8.12. The Morgan fingerprint density at radius 2 is 1.82 bits per heavy atom. The van der Waals surface area contributed by atoms with Crippen LogP contribution >= 0.6 is 0 Å². The minimum Gasteiger partial charge on any atom is -0.494 e. The highest BCUT2D eigenvalue weighted by Gasteiger charge is 2.40. The number of carbonyl (C=O) groups is 6. The van der Waals surface area contributed by atoms with Gasteiger partial charge in [0.05, 0.1) is 24.5 Å². The first-order valence-corrected chi connectivity index (χ1v) is 19.7. The lowest BCUT2D eigenvalue weighted by Gasteiger charge is -2.37. The molecule has 7 amide bonds. The maximum Gasteiger partial charge on any atom is 0.320 e. The number of ether oxygens (including phenoxy) is 1. The Morgan fingerprint density at radius 3 is 2.58 bits per heavy atom. The number of rotatable bonds is 15. The van der Waals surface area contributed by atoms with E-state index >= 15 is 0 Å². The van der Waals surface area contributed by atoms with Gasteiger partial charge in [-0.15, -0.1) is 0 Å². The molecule has 7 rings (SSSR count). The summed E-state index contributed by atoms with van der Waals surface area (Å²) >= 11 is 0. The van der Waals surface area contributed by atoms with Crippen molar-refractivity contribution in [2.75, 3.05) is 51.3 Å². The van der Waals surface area contributed by atoms with Gasteiger partial charge < -0.3 is 35.4 Å². The molecule has 0 bridgehead atoms. The molecule has 4 aliphatic heterocycles. The highest BCUT2D eigenvalue weighted by Crippen LogP contribution is 2.31. The van der Waals surface area contributed by atoms with Crippen LogP contribution in [0.1, 0.15) is 88.2 Å². The molecule has 1 aromatic heterocycles. The van der Waals surface area contributed by atoms with Crippen LogP contribution in [0.2, 0.25) is 0 Å². The van der Waals surface area contributed by atoms with Gasteiger partial charge in [-0.05, 0) is 73.4 Å². The molecule has 0 saturated carbocycles. The minimum atomic E-state index is -0.663. The molecule has 1 unspecified atom stereocenters. The number of anilines is 1. The first-order chi connectivity index (χ1) is 27.5. The number of fused-ring (bicyclic) bond motifs is 1. The monoisotopic (exact) mass is 779 g/mol. The van der Waals surface area contributed by atoms with E-state index in [4.69, 9.17) is 15.5 Å². The van der Waals surface area contributed by atoms with Crippen molar-refractivity contribution >= 4 is 41.4 Å². The molecule has 57 heavy (non-hydrogen) atoms. The molecule has 16 heteroatoms. The smallest absolute Gasteiger partial charge is 0.320 e. The van der Waals surface area contributed by atoms with Crippen LogP contribution < -0.4 is 26.0 Å². The zero-order valence-corrected chi connectivity index (χ0v) is 32.2. The number of primary amides is 1. The van der Waals surface area contributed by atoms with Crippen molar-refractivity contribution < 1.29 is 33.5 Å². The van der Waals surface area contributed by atoms with E-state index in [2.05, 4.69) is 20.5 Å². The molecular weight excluding hydrogens is 731 g/mol. The van der Waals surface area contributed by atoms with E-state index in [0.29, 0.717) is 94.1 Å². The van der Waals surface area contributed by atoms with E-state index in [1.807, 2.05) is 48.3 Å². The molecule has 3 aromatic rings. The Bertz CT molecular complexity index is 2040. The molecule has 3 saturated heterocycles. The Hall–Kier alpha value is -6.06. The van der Waals surface area contributed by atoms with Crippen LogP contribution in [-0.2, 0) is 33.8 Å². The number of nitrogens with two attached hydrogens (primary N) is 1. The Balaban J connectivity index is 0.835. The predicted molar refractivity (Wildman–Crippen MR) is 208 cm³/mol. The van der Waals surface area contributed by atoms with Gasteiger partial charge >= 0.3 is 6.03 Å². The fourth-order valence-corrected chi connectivity index (χ4v) is 8.12. The zero-order valence-electron chi connectivity index (χ0n) is 32.2. The van der Waals surface area contributed by atoms with Crippen molar-refractivity contribution in [3.05, 3.63) is 82.3 Å². The third-order valence-electron chi connectivity index (χ3n) is 11.2. The summed E-state index contributed by atoms with van der Waals surface area (Å²) in [6, 6.07) is 12.5. The third-order valence-corrected chi connectivity index (χ3v) is 11.2. The number of imide groups is 1. The molecule has 0 radical (unpaired) electrons. The van der Waals surface area contributed by atoms with E-state index in [0.717, 1.165) is 42.6 Å². The van der Waals surface area contributed by atoms with Crippen molar-refractivity contribution in [2.24, 2.45) is 5.73 Å². The van der Waals surface area contributed by atoms with Crippen LogP contribution in [0.15, 0.2) is 48.7 Å². The quantitative estimate of drug-likeness (QED) is 0.152. The number of aryl methyl sites for hydroxylation is 1. The molecule has 300 valence electrons. The Kier molecular flexibility index (Phi) is 12.0. The lowest BCUT2D eigenvalue weighted by atomic mass is 9.98. The summed E-state index contributed by atoms with van der Waals surface area (Å²) in [4.78, 5) is 91.1. The van der Waals surface area contributed by atoms with Crippen molar-refractivity contribution in [1.82, 2.24) is 35.3 Å². The first kappa shape index (κ1) is 39.2. The lowest BCUT2D eigenvalue weighted by molar-refractivity contribution is -0.137. The van der Waals surface area contributed by atoms with Crippen LogP contribution in [0, 0.1) is 0 Å². The fraction of sp³-hybridized carbons (Fsp3) is 0.463. The average Bonchev–Trinajstić information content (AvgIpc) is 3.72. The molecule has 4 N–H and O–H groups in total. The van der Waals surface area contributed by atoms with E-state index in [1.165, 1.54) is 0 Å². The van der Waals surface area contributed by atoms with Crippen LogP contribution in [0.25, 0.3) is 0 Å². The van der Waals surface area contributed by atoms with Crippen LogP contribution in [-0.4, -0.2) is 119 Å². The summed E-state index contributed by atoms with van der Waals surface area (Å²) in [6.07, 6.45) is 6.47. The number of amides is 7. The lowest BCUT2D eigenvalue weighted by Crippen LogP contribution is -2.52. The summed E-state index contributed by atoms with van der Waals surface area (Å²) in [5.41, 5.74) is 9.63. The second-order valence-corrected chi connectivity index (χ2v) is 15.1. The average molecular weight is 780 g/mol. The second-order valence-electron chi connectivity index (χ2n) is 15.1. The van der Waals surface area contributed by atoms with Gasteiger partial charge in [0.15, 0.2) is 0 Å². The van der Waals surface area contributed by atoms with Gasteiger partial charge in [0.25, 0.3) is 11.8 Å². The molecule has 2 atom stereocenters. The zero-order chi connectivity index (χ0) is 40.1. The summed E-state index contributed by atoms with van der Waals surface area (Å²) in [5.74, 6) is -0.341. The number of piperidine rings is 2. The molecule has 2 aromatic carbocycles. The van der Waals surface area contributed by atoms with E-state index < -0.39 is 17.9 Å². The molecule has 5 heterocycles. The Morgan fingerprint density at radius 1 is 1.00 bits per heavy atom. The van der Waals surface area contributed by atoms with Crippen molar-refractivity contribution in [2.45, 2.75) is 76.4 Å². The van der Waals surface area contributed by atoms with Crippen molar-refractivity contribution in [3.8, 4) is 5.75 Å². The van der Waals surface area contributed by atoms with Gasteiger partial charge in [0.1, 0.15) is 23.3 Å². The number of hydrogen-bond donors (Lipinski definition) is 3. The van der Waals surface area contributed by atoms with Gasteiger partial charge in [-0.1, -0.05) is 24.3 Å². The van der Waals surface area contributed by atoms with Crippen LogP contribution in [0.5, 0.6) is 5.75 Å². The van der Waals surface area contributed by atoms with Gasteiger partial charge in [-0.25, -0.2) is 14.8 Å². The second kappa shape index (κ2) is 17.4. The summed E-state index contributed by atoms with van der Waals surface area (Å²) in [5, 5.41) is 5.28. The number of likely N-dealkylation sites (N-methyl/N-ethyl adjacent to an activating group) is 1. The molecular formula is C41H49N9O7. The van der Waals surface area contributed by atoms with E-state index in [-0.39, 0.29) is 41.9 Å². The van der Waals surface area contributed by atoms with E-state index in [1.54, 1.807) is 22.1 Å². The van der Waals surface area contributed by atoms with Gasteiger partial charge in [0, 0.05) is 71.1 Å². The summed E-state index contributed by atoms with van der Waals surface area (Å²) in [6.45, 7) is 4.04. The molecule has 3 fully saturated rings. The number of benzene rings is 2. The van der Waals surface area contributed by atoms with Crippen molar-refractivity contribution in [3.63, 3.8) is 0 Å². The number of urea groups is 1. The topological polar surface area (TPSA) is 200 Å². The van der Waals surface area contributed by atoms with Crippen molar-refractivity contribution in [1.29, 1.82) is 0 Å². The third kappa shape index (κ3) is 9.00. The maximum absolute atomic E-state index is 13.1. The highest BCUT2D eigenvalue weighted by molar-refractivity contribution is 6.05. The molecule has 0 spiro atoms. The summed E-state index contributed by atoms with van der Waals surface area (Å²) < 4.78 is 5.91. The largest absolute Gasteiger partial charge is 0.494 e. The number of aromatic nitrogens is 2. The highest BCUT2D eigenvalue weighted by atomic mass is 16.5. The molecule has 4 aliphatic rings. The van der Waals surface area contributed by atoms with Gasteiger partial charge in [0.2, 0.25) is 17.7 Å². The Labute approximate surface area is 331 Å². The number of nitrogens with one attached hydrogen (secondary N) is 2. The number of carbonyl (C=O) groups excluding carboxylic acids is 6. The molecule has 16 nitrogen and oxygen atoms in total. The predicted octanol–water partition coefficient (Wildman–Crippen LogP) is 2.17. The van der Waals surface area contributed by atoms with Gasteiger partial charge in [-0.2, -0.15) is 0 Å². The number of nitrogens with zero attached hydrogens (tertiary/aromatic N) is 6. The normalized spacial score (nSPS) is 19.5. The summed E-state index contributed by atoms with van der Waals surface area (Å²) in [7, 11) is 1.82. The SMILES string of the molecule is CN1CCN([C@@H]2CCCN(c3cnc(C(N)=O)c(Cc4ccc(OCCCNC(=O)CCCc5cccc6c5CN(C5CCC(=O)NC5=O)C6=O)cc4)n3)C2)C1=O.